The summed E-state index contributed by atoms with van der Waals surface area (Å²) in [5.74, 6) is -2.97. The number of rotatable bonds is 9. The first-order valence-corrected chi connectivity index (χ1v) is 10.7. The number of carbonyl (C=O) groups excluding carboxylic acids is 3. The van der Waals surface area contributed by atoms with Crippen LogP contribution in [-0.4, -0.2) is 47.8 Å². The van der Waals surface area contributed by atoms with Gasteiger partial charge in [-0.25, -0.2) is 0 Å². The number of aromatic nitrogens is 1. The molecule has 1 aromatic heterocycles. The number of nitrogens with one attached hydrogen (secondary N) is 3. The first-order chi connectivity index (χ1) is 16.4. The molecule has 0 saturated heterocycles. The molecule has 3 N–H and O–H groups in total. The van der Waals surface area contributed by atoms with Crippen LogP contribution in [0, 0.1) is 0 Å². The quantitative estimate of drug-likeness (QED) is 0.362. The van der Waals surface area contributed by atoms with Crippen LogP contribution in [0.4, 0.5) is 18.9 Å². The monoisotopic (exact) mass is 496 g/mol. The van der Waals surface area contributed by atoms with Crippen molar-refractivity contribution in [2.24, 2.45) is 0 Å². The van der Waals surface area contributed by atoms with Crippen LogP contribution < -0.4 is 21.5 Å². The number of hydrogen-bond donors (Lipinski definition) is 3. The molecule has 3 amide bonds. The lowest BCUT2D eigenvalue weighted by molar-refractivity contribution is -0.172. The van der Waals surface area contributed by atoms with Crippen LogP contribution in [0.15, 0.2) is 47.4 Å². The minimum atomic E-state index is -4.59. The van der Waals surface area contributed by atoms with Crippen molar-refractivity contribution >= 4 is 23.4 Å². The lowest BCUT2D eigenvalue weighted by atomic mass is 10.1. The maximum Gasteiger partial charge on any atom is 0.393 e. The zero-order valence-electron chi connectivity index (χ0n) is 19.4. The highest BCUT2D eigenvalue weighted by Gasteiger charge is 2.33. The molecule has 0 aliphatic carbocycles. The Morgan fingerprint density at radius 1 is 1.06 bits per heavy atom. The van der Waals surface area contributed by atoms with Gasteiger partial charge in [-0.3, -0.25) is 19.2 Å². The summed E-state index contributed by atoms with van der Waals surface area (Å²) in [5, 5.41) is 6.49. The van der Waals surface area contributed by atoms with Crippen molar-refractivity contribution in [2.45, 2.75) is 51.7 Å². The van der Waals surface area contributed by atoms with E-state index in [0.717, 1.165) is 10.1 Å². The molecule has 1 aromatic carbocycles. The van der Waals surface area contributed by atoms with E-state index in [1.165, 1.54) is 33.2 Å². The number of pyridine rings is 1. The minimum Gasteiger partial charge on any atom is -0.356 e. The summed E-state index contributed by atoms with van der Waals surface area (Å²) < 4.78 is 44.7. The average Bonchev–Trinajstić information content (AvgIpc) is 2.75. The van der Waals surface area contributed by atoms with Crippen LogP contribution in [0.2, 0.25) is 0 Å². The Labute approximate surface area is 199 Å². The van der Waals surface area contributed by atoms with Crippen LogP contribution >= 0.6 is 0 Å². The van der Waals surface area contributed by atoms with Gasteiger partial charge in [-0.1, -0.05) is 30.3 Å². The Morgan fingerprint density at radius 3 is 2.29 bits per heavy atom. The molecule has 2 rings (SSSR count). The number of amides is 3. The zero-order valence-corrected chi connectivity index (χ0v) is 19.4. The molecule has 9 nitrogen and oxygen atoms in total. The first-order valence-electron chi connectivity index (χ1n) is 10.7. The van der Waals surface area contributed by atoms with Crippen LogP contribution in [0.25, 0.3) is 0 Å². The predicted octanol–water partition coefficient (Wildman–Crippen LogP) is 1.94. The lowest BCUT2D eigenvalue weighted by Crippen LogP contribution is -2.44. The predicted molar refractivity (Wildman–Crippen MR) is 121 cm³/mol. The van der Waals surface area contributed by atoms with Gasteiger partial charge in [-0.05, 0) is 37.5 Å². The molecule has 0 bridgehead atoms. The van der Waals surface area contributed by atoms with Gasteiger partial charge in [0.2, 0.25) is 5.91 Å². The molecule has 0 radical (unpaired) electrons. The van der Waals surface area contributed by atoms with Crippen molar-refractivity contribution in [3.05, 3.63) is 64.1 Å². The normalized spacial score (nSPS) is 12.2. The van der Waals surface area contributed by atoms with Gasteiger partial charge < -0.3 is 25.3 Å². The van der Waals surface area contributed by atoms with E-state index in [0.29, 0.717) is 12.0 Å². The maximum atomic E-state index is 12.9. The number of carbonyl (C=O) groups is 3. The Morgan fingerprint density at radius 2 is 1.71 bits per heavy atom. The van der Waals surface area contributed by atoms with E-state index in [1.807, 2.05) is 30.3 Å². The highest BCUT2D eigenvalue weighted by Crippen LogP contribution is 2.22. The summed E-state index contributed by atoms with van der Waals surface area (Å²) in [5.41, 5.74) is 0.304. The van der Waals surface area contributed by atoms with E-state index in [1.54, 1.807) is 0 Å². The van der Waals surface area contributed by atoms with Crippen molar-refractivity contribution in [3.63, 3.8) is 0 Å². The second-order valence-corrected chi connectivity index (χ2v) is 7.95. The topological polar surface area (TPSA) is 119 Å². The standard InChI is InChI=1S/C23H27F3N4O5/c1-14(2)35-19(11-23(24,25)26)29-18(31)13-30-12-16(9-15-7-5-4-6-8-15)10-17(22(30)34)28-21(33)20(32)27-3/h4-8,10,12,14,19H,9,11,13H2,1-3H3,(H,27,32)(H,28,33)(H,29,31). The zero-order chi connectivity index (χ0) is 26.2. The van der Waals surface area contributed by atoms with E-state index in [-0.39, 0.29) is 5.69 Å². The fourth-order valence-corrected chi connectivity index (χ4v) is 3.18. The minimum absolute atomic E-state index is 0.259. The van der Waals surface area contributed by atoms with E-state index < -0.39 is 54.8 Å². The molecule has 0 aliphatic heterocycles. The number of anilines is 1. The summed E-state index contributed by atoms with van der Waals surface area (Å²) in [6.45, 7) is 2.41. The molecule has 0 spiro atoms. The van der Waals surface area contributed by atoms with Gasteiger partial charge in [0, 0.05) is 13.2 Å². The molecule has 1 heterocycles. The summed E-state index contributed by atoms with van der Waals surface area (Å²) in [7, 11) is 1.24. The molecule has 0 fully saturated rings. The fraction of sp³-hybridized carbons (Fsp3) is 0.391. The van der Waals surface area contributed by atoms with Crippen molar-refractivity contribution in [1.29, 1.82) is 0 Å². The number of likely N-dealkylation sites (N-methyl/N-ethyl adjacent to an activating group) is 1. The van der Waals surface area contributed by atoms with Crippen LogP contribution in [0.3, 0.4) is 0 Å². The van der Waals surface area contributed by atoms with Crippen LogP contribution in [0.1, 0.15) is 31.4 Å². The Hall–Kier alpha value is -3.67. The van der Waals surface area contributed by atoms with Gasteiger partial charge in [0.15, 0.2) is 0 Å². The molecule has 0 aliphatic rings. The van der Waals surface area contributed by atoms with Crippen molar-refractivity contribution in [2.75, 3.05) is 12.4 Å². The molecule has 2 aromatic rings. The fourth-order valence-electron chi connectivity index (χ4n) is 3.18. The number of benzene rings is 1. The van der Waals surface area contributed by atoms with Gasteiger partial charge in [-0.15, -0.1) is 0 Å². The van der Waals surface area contributed by atoms with E-state index in [2.05, 4.69) is 16.0 Å². The Bertz CT molecular complexity index is 1100. The molecular weight excluding hydrogens is 469 g/mol. The third kappa shape index (κ3) is 9.24. The van der Waals surface area contributed by atoms with E-state index >= 15 is 0 Å². The van der Waals surface area contributed by atoms with Crippen molar-refractivity contribution < 1.29 is 32.3 Å². The molecule has 12 heteroatoms. The molecule has 190 valence electrons. The third-order valence-corrected chi connectivity index (χ3v) is 4.56. The second kappa shape index (κ2) is 12.2. The molecule has 0 saturated carbocycles. The van der Waals surface area contributed by atoms with E-state index in [4.69, 9.17) is 4.74 Å². The summed E-state index contributed by atoms with van der Waals surface area (Å²) in [6, 6.07) is 10.5. The summed E-state index contributed by atoms with van der Waals surface area (Å²) in [6.07, 6.45) is -6.54. The van der Waals surface area contributed by atoms with Gasteiger partial charge in [-0.2, -0.15) is 13.2 Å². The smallest absolute Gasteiger partial charge is 0.356 e. The van der Waals surface area contributed by atoms with Gasteiger partial charge >= 0.3 is 18.0 Å². The number of nitrogens with zero attached hydrogens (tertiary/aromatic N) is 1. The Kier molecular flexibility index (Phi) is 9.58. The molecule has 1 unspecified atom stereocenters. The molecule has 1 atom stereocenters. The highest BCUT2D eigenvalue weighted by molar-refractivity contribution is 6.39. The van der Waals surface area contributed by atoms with Gasteiger partial charge in [0.05, 0.1) is 12.5 Å². The van der Waals surface area contributed by atoms with Gasteiger partial charge in [0.1, 0.15) is 18.5 Å². The van der Waals surface area contributed by atoms with Crippen molar-refractivity contribution in [3.8, 4) is 0 Å². The Balaban J connectivity index is 2.33. The number of hydrogen-bond acceptors (Lipinski definition) is 5. The second-order valence-electron chi connectivity index (χ2n) is 7.95. The van der Waals surface area contributed by atoms with Gasteiger partial charge in [0.25, 0.3) is 5.56 Å². The number of ether oxygens (including phenoxy) is 1. The van der Waals surface area contributed by atoms with Crippen LogP contribution in [0.5, 0.6) is 0 Å². The largest absolute Gasteiger partial charge is 0.393 e. The SMILES string of the molecule is CNC(=O)C(=O)Nc1cc(Cc2ccccc2)cn(CC(=O)NC(CC(F)(F)F)OC(C)C)c1=O. The number of alkyl halides is 3. The van der Waals surface area contributed by atoms with Crippen molar-refractivity contribution in [1.82, 2.24) is 15.2 Å². The van der Waals surface area contributed by atoms with Crippen LogP contribution in [-0.2, 0) is 32.1 Å². The molecule has 35 heavy (non-hydrogen) atoms. The molecular formula is C23H27F3N4O5. The number of halogens is 3. The highest BCUT2D eigenvalue weighted by atomic mass is 19.4. The maximum absolute atomic E-state index is 12.9. The summed E-state index contributed by atoms with van der Waals surface area (Å²) in [4.78, 5) is 49.0. The third-order valence-electron chi connectivity index (χ3n) is 4.56. The lowest BCUT2D eigenvalue weighted by Gasteiger charge is -2.23. The first kappa shape index (κ1) is 27.6. The summed E-state index contributed by atoms with van der Waals surface area (Å²) >= 11 is 0. The average molecular weight is 496 g/mol. The van der Waals surface area contributed by atoms with E-state index in [9.17, 15) is 32.3 Å².